The van der Waals surface area contributed by atoms with Gasteiger partial charge in [0.15, 0.2) is 5.78 Å². The molecule has 0 spiro atoms. The van der Waals surface area contributed by atoms with Crippen molar-refractivity contribution in [3.63, 3.8) is 0 Å². The van der Waals surface area contributed by atoms with Crippen LogP contribution in [0.15, 0.2) is 11.4 Å². The fourth-order valence-corrected chi connectivity index (χ4v) is 1.68. The molecule has 1 aromatic rings. The van der Waals surface area contributed by atoms with Crippen molar-refractivity contribution in [2.45, 2.75) is 20.3 Å². The lowest BCUT2D eigenvalue weighted by atomic mass is 10.1. The standard InChI is InChI=1S/C9H11FOS/c1-6(2)5-8(11)9-7(10)3-4-12-9/h3-4,6H,5H2,1-2H3. The van der Waals surface area contributed by atoms with Crippen LogP contribution >= 0.6 is 11.3 Å². The van der Waals surface area contributed by atoms with Gasteiger partial charge in [0.1, 0.15) is 10.7 Å². The summed E-state index contributed by atoms with van der Waals surface area (Å²) in [6.07, 6.45) is 0.428. The van der Waals surface area contributed by atoms with Crippen molar-refractivity contribution in [1.29, 1.82) is 0 Å². The van der Waals surface area contributed by atoms with E-state index < -0.39 is 0 Å². The number of thiophene rings is 1. The van der Waals surface area contributed by atoms with Crippen LogP contribution in [0.1, 0.15) is 29.9 Å². The Bertz CT molecular complexity index is 278. The van der Waals surface area contributed by atoms with Crippen molar-refractivity contribution < 1.29 is 9.18 Å². The highest BCUT2D eigenvalue weighted by atomic mass is 32.1. The van der Waals surface area contributed by atoms with Crippen molar-refractivity contribution in [2.75, 3.05) is 0 Å². The first-order chi connectivity index (χ1) is 5.61. The summed E-state index contributed by atoms with van der Waals surface area (Å²) in [5.74, 6) is -0.179. The third-order valence-electron chi connectivity index (χ3n) is 1.46. The normalized spacial score (nSPS) is 10.7. The average Bonchev–Trinajstić information content (AvgIpc) is 2.33. The quantitative estimate of drug-likeness (QED) is 0.663. The van der Waals surface area contributed by atoms with E-state index >= 15 is 0 Å². The molecule has 1 heterocycles. The second kappa shape index (κ2) is 3.81. The summed E-state index contributed by atoms with van der Waals surface area (Å²) in [4.78, 5) is 11.6. The van der Waals surface area contributed by atoms with Gasteiger partial charge in [-0.05, 0) is 17.4 Å². The Morgan fingerprint density at radius 1 is 1.67 bits per heavy atom. The maximum atomic E-state index is 12.8. The average molecular weight is 186 g/mol. The second-order valence-corrected chi connectivity index (χ2v) is 4.03. The topological polar surface area (TPSA) is 17.1 Å². The van der Waals surface area contributed by atoms with Crippen molar-refractivity contribution in [1.82, 2.24) is 0 Å². The first-order valence-electron chi connectivity index (χ1n) is 3.87. The van der Waals surface area contributed by atoms with E-state index in [0.717, 1.165) is 0 Å². The van der Waals surface area contributed by atoms with Gasteiger partial charge in [-0.3, -0.25) is 4.79 Å². The van der Waals surface area contributed by atoms with E-state index in [4.69, 9.17) is 0 Å². The van der Waals surface area contributed by atoms with Crippen LogP contribution in [0.25, 0.3) is 0 Å². The molecule has 0 N–H and O–H groups in total. The van der Waals surface area contributed by atoms with E-state index in [9.17, 15) is 9.18 Å². The number of ketones is 1. The van der Waals surface area contributed by atoms with Gasteiger partial charge in [-0.1, -0.05) is 13.8 Å². The van der Waals surface area contributed by atoms with E-state index in [1.54, 1.807) is 5.38 Å². The van der Waals surface area contributed by atoms with E-state index in [0.29, 0.717) is 12.3 Å². The lowest BCUT2D eigenvalue weighted by molar-refractivity contribution is 0.0968. The zero-order valence-electron chi connectivity index (χ0n) is 7.13. The summed E-state index contributed by atoms with van der Waals surface area (Å²) in [6.45, 7) is 3.90. The first-order valence-corrected chi connectivity index (χ1v) is 4.75. The lowest BCUT2D eigenvalue weighted by Gasteiger charge is -2.00. The van der Waals surface area contributed by atoms with Gasteiger partial charge in [0.05, 0.1) is 0 Å². The zero-order valence-corrected chi connectivity index (χ0v) is 7.95. The minimum Gasteiger partial charge on any atom is -0.293 e. The van der Waals surface area contributed by atoms with E-state index in [-0.39, 0.29) is 16.5 Å². The molecule has 0 atom stereocenters. The minimum atomic E-state index is -0.384. The van der Waals surface area contributed by atoms with Gasteiger partial charge in [-0.15, -0.1) is 11.3 Å². The van der Waals surface area contributed by atoms with Gasteiger partial charge >= 0.3 is 0 Å². The summed E-state index contributed by atoms with van der Waals surface area (Å²) in [7, 11) is 0. The largest absolute Gasteiger partial charge is 0.293 e. The van der Waals surface area contributed by atoms with Crippen LogP contribution in [0.3, 0.4) is 0 Å². The summed E-state index contributed by atoms with van der Waals surface area (Å²) in [5.41, 5.74) is 0. The Morgan fingerprint density at radius 3 is 2.75 bits per heavy atom. The molecule has 0 amide bonds. The Balaban J connectivity index is 2.72. The number of hydrogen-bond donors (Lipinski definition) is 0. The lowest BCUT2D eigenvalue weighted by Crippen LogP contribution is -2.02. The Labute approximate surface area is 75.2 Å². The molecular formula is C9H11FOS. The SMILES string of the molecule is CC(C)CC(=O)c1sccc1F. The van der Waals surface area contributed by atoms with Crippen LogP contribution in [0.5, 0.6) is 0 Å². The molecule has 1 rings (SSSR count). The van der Waals surface area contributed by atoms with Crippen LogP contribution in [0, 0.1) is 11.7 Å². The molecule has 0 radical (unpaired) electrons. The predicted molar refractivity (Wildman–Crippen MR) is 48.1 cm³/mol. The van der Waals surface area contributed by atoms with Gasteiger partial charge < -0.3 is 0 Å². The van der Waals surface area contributed by atoms with Crippen LogP contribution in [0.4, 0.5) is 4.39 Å². The number of halogens is 1. The smallest absolute Gasteiger partial charge is 0.176 e. The molecule has 0 unspecified atom stereocenters. The van der Waals surface area contributed by atoms with Gasteiger partial charge in [0.2, 0.25) is 0 Å². The summed E-state index contributed by atoms with van der Waals surface area (Å²) in [6, 6.07) is 1.33. The van der Waals surface area contributed by atoms with Gasteiger partial charge in [0.25, 0.3) is 0 Å². The third kappa shape index (κ3) is 2.14. The van der Waals surface area contributed by atoms with Crippen molar-refractivity contribution in [3.8, 4) is 0 Å². The van der Waals surface area contributed by atoms with Crippen LogP contribution in [0.2, 0.25) is 0 Å². The Kier molecular flexibility index (Phi) is 2.98. The predicted octanol–water partition coefficient (Wildman–Crippen LogP) is 3.12. The Hall–Kier alpha value is -0.700. The molecule has 0 saturated heterocycles. The number of carbonyl (C=O) groups excluding carboxylic acids is 1. The second-order valence-electron chi connectivity index (χ2n) is 3.12. The Morgan fingerprint density at radius 2 is 2.33 bits per heavy atom. The van der Waals surface area contributed by atoms with Crippen LogP contribution in [-0.4, -0.2) is 5.78 Å². The summed E-state index contributed by atoms with van der Waals surface area (Å²) >= 11 is 1.18. The highest BCUT2D eigenvalue weighted by Gasteiger charge is 2.13. The first kappa shape index (κ1) is 9.39. The summed E-state index contributed by atoms with van der Waals surface area (Å²) < 4.78 is 12.8. The number of Topliss-reactive ketones (excluding diaryl/α,β-unsaturated/α-hetero) is 1. The molecule has 0 bridgehead atoms. The molecule has 66 valence electrons. The number of hydrogen-bond acceptors (Lipinski definition) is 2. The fourth-order valence-electron chi connectivity index (χ4n) is 0.956. The van der Waals surface area contributed by atoms with Crippen molar-refractivity contribution in [2.24, 2.45) is 5.92 Å². The number of carbonyl (C=O) groups is 1. The van der Waals surface area contributed by atoms with Gasteiger partial charge in [-0.25, -0.2) is 4.39 Å². The third-order valence-corrected chi connectivity index (χ3v) is 2.39. The molecule has 3 heteroatoms. The molecule has 0 aromatic carbocycles. The van der Waals surface area contributed by atoms with Crippen molar-refractivity contribution >= 4 is 17.1 Å². The van der Waals surface area contributed by atoms with E-state index in [1.165, 1.54) is 17.4 Å². The minimum absolute atomic E-state index is 0.0856. The highest BCUT2D eigenvalue weighted by Crippen LogP contribution is 2.18. The van der Waals surface area contributed by atoms with E-state index in [1.807, 2.05) is 13.8 Å². The molecule has 12 heavy (non-hydrogen) atoms. The molecule has 0 aliphatic heterocycles. The molecule has 0 aliphatic rings. The molecule has 1 aromatic heterocycles. The molecule has 0 saturated carbocycles. The van der Waals surface area contributed by atoms with Crippen molar-refractivity contribution in [3.05, 3.63) is 22.1 Å². The van der Waals surface area contributed by atoms with E-state index in [2.05, 4.69) is 0 Å². The highest BCUT2D eigenvalue weighted by molar-refractivity contribution is 7.12. The van der Waals surface area contributed by atoms with Crippen LogP contribution < -0.4 is 0 Å². The summed E-state index contributed by atoms with van der Waals surface area (Å²) in [5, 5.41) is 1.60. The molecule has 1 nitrogen and oxygen atoms in total. The monoisotopic (exact) mass is 186 g/mol. The molecular weight excluding hydrogens is 175 g/mol. The van der Waals surface area contributed by atoms with Crippen LogP contribution in [-0.2, 0) is 0 Å². The van der Waals surface area contributed by atoms with Gasteiger partial charge in [-0.2, -0.15) is 0 Å². The fraction of sp³-hybridized carbons (Fsp3) is 0.444. The number of rotatable bonds is 3. The maximum absolute atomic E-state index is 12.8. The maximum Gasteiger partial charge on any atom is 0.176 e. The van der Waals surface area contributed by atoms with Gasteiger partial charge in [0, 0.05) is 6.42 Å². The zero-order chi connectivity index (χ0) is 9.14. The molecule has 0 aliphatic carbocycles. The molecule has 0 fully saturated rings.